The molecule has 1 rings (SSSR count). The van der Waals surface area contributed by atoms with Crippen LogP contribution in [0.4, 0.5) is 0 Å². The molecule has 5 nitrogen and oxygen atoms in total. The van der Waals surface area contributed by atoms with E-state index in [4.69, 9.17) is 0 Å². The highest BCUT2D eigenvalue weighted by atomic mass is 16.5. The number of amides is 1. The SMILES string of the molecule is CCOC(=O)C(=O)[C@H]1CCCN(C)C1=O. The first-order valence-electron chi connectivity index (χ1n) is 5.03. The summed E-state index contributed by atoms with van der Waals surface area (Å²) in [5, 5.41) is 0. The lowest BCUT2D eigenvalue weighted by Crippen LogP contribution is -2.44. The van der Waals surface area contributed by atoms with Gasteiger partial charge in [0.1, 0.15) is 5.92 Å². The van der Waals surface area contributed by atoms with E-state index in [2.05, 4.69) is 4.74 Å². The monoisotopic (exact) mass is 213 g/mol. The van der Waals surface area contributed by atoms with E-state index in [9.17, 15) is 14.4 Å². The Labute approximate surface area is 88.4 Å². The molecule has 0 aromatic carbocycles. The molecule has 15 heavy (non-hydrogen) atoms. The lowest BCUT2D eigenvalue weighted by molar-refractivity contribution is -0.159. The minimum atomic E-state index is -0.897. The molecule has 1 heterocycles. The third kappa shape index (κ3) is 2.55. The Balaban J connectivity index is 2.66. The van der Waals surface area contributed by atoms with Gasteiger partial charge < -0.3 is 9.64 Å². The largest absolute Gasteiger partial charge is 0.460 e. The summed E-state index contributed by atoms with van der Waals surface area (Å²) in [6.07, 6.45) is 1.19. The quantitative estimate of drug-likeness (QED) is 0.375. The second-order valence-electron chi connectivity index (χ2n) is 3.54. The maximum absolute atomic E-state index is 11.6. The van der Waals surface area contributed by atoms with E-state index < -0.39 is 17.7 Å². The van der Waals surface area contributed by atoms with Crippen LogP contribution in [0.15, 0.2) is 0 Å². The average molecular weight is 213 g/mol. The molecule has 5 heteroatoms. The first kappa shape index (κ1) is 11.7. The van der Waals surface area contributed by atoms with Crippen LogP contribution in [0.5, 0.6) is 0 Å². The van der Waals surface area contributed by atoms with Gasteiger partial charge in [-0.15, -0.1) is 0 Å². The minimum absolute atomic E-state index is 0.154. The second kappa shape index (κ2) is 4.91. The highest BCUT2D eigenvalue weighted by molar-refractivity contribution is 6.38. The lowest BCUT2D eigenvalue weighted by Gasteiger charge is -2.27. The topological polar surface area (TPSA) is 63.7 Å². The van der Waals surface area contributed by atoms with Gasteiger partial charge in [0, 0.05) is 13.6 Å². The zero-order chi connectivity index (χ0) is 11.4. The van der Waals surface area contributed by atoms with E-state index in [1.165, 1.54) is 4.90 Å². The third-order valence-corrected chi connectivity index (χ3v) is 2.45. The number of hydrogen-bond donors (Lipinski definition) is 0. The summed E-state index contributed by atoms with van der Waals surface area (Å²) in [6.45, 7) is 2.42. The van der Waals surface area contributed by atoms with Gasteiger partial charge in [-0.25, -0.2) is 4.79 Å². The Morgan fingerprint density at radius 1 is 1.53 bits per heavy atom. The average Bonchev–Trinajstić information content (AvgIpc) is 2.21. The molecule has 1 atom stereocenters. The first-order chi connectivity index (χ1) is 7.07. The van der Waals surface area contributed by atoms with Crippen molar-refractivity contribution >= 4 is 17.7 Å². The highest BCUT2D eigenvalue weighted by Crippen LogP contribution is 2.18. The Hall–Kier alpha value is -1.39. The normalized spacial score (nSPS) is 21.3. The van der Waals surface area contributed by atoms with E-state index in [0.29, 0.717) is 13.0 Å². The molecule has 1 aliphatic rings. The third-order valence-electron chi connectivity index (χ3n) is 2.45. The number of likely N-dealkylation sites (tertiary alicyclic amines) is 1. The number of ketones is 1. The first-order valence-corrected chi connectivity index (χ1v) is 5.03. The van der Waals surface area contributed by atoms with Gasteiger partial charge in [-0.1, -0.05) is 0 Å². The summed E-state index contributed by atoms with van der Waals surface area (Å²) in [6, 6.07) is 0. The van der Waals surface area contributed by atoms with E-state index >= 15 is 0 Å². The number of Topliss-reactive ketones (excluding diaryl/α,β-unsaturated/α-hetero) is 1. The zero-order valence-corrected chi connectivity index (χ0v) is 8.99. The number of carbonyl (C=O) groups excluding carboxylic acids is 3. The molecule has 0 unspecified atom stereocenters. The highest BCUT2D eigenvalue weighted by Gasteiger charge is 2.36. The Bertz CT molecular complexity index is 287. The Morgan fingerprint density at radius 2 is 2.20 bits per heavy atom. The minimum Gasteiger partial charge on any atom is -0.460 e. The van der Waals surface area contributed by atoms with Crippen LogP contribution < -0.4 is 0 Å². The summed E-state index contributed by atoms with van der Waals surface area (Å²) in [5.41, 5.74) is 0. The van der Waals surface area contributed by atoms with Crippen LogP contribution in [0, 0.1) is 5.92 Å². The van der Waals surface area contributed by atoms with Crippen molar-refractivity contribution in [3.63, 3.8) is 0 Å². The Morgan fingerprint density at radius 3 is 2.80 bits per heavy atom. The predicted octanol–water partition coefficient (Wildman–Crippen LogP) is -0.0130. The molecule has 1 aliphatic heterocycles. The molecular formula is C10H15NO4. The van der Waals surface area contributed by atoms with Crippen LogP contribution in [0.1, 0.15) is 19.8 Å². The van der Waals surface area contributed by atoms with Gasteiger partial charge in [-0.05, 0) is 19.8 Å². The van der Waals surface area contributed by atoms with E-state index in [1.807, 2.05) is 0 Å². The summed E-state index contributed by atoms with van der Waals surface area (Å²) < 4.78 is 4.58. The fourth-order valence-electron chi connectivity index (χ4n) is 1.62. The van der Waals surface area contributed by atoms with Crippen molar-refractivity contribution in [1.82, 2.24) is 4.90 Å². The smallest absolute Gasteiger partial charge is 0.375 e. The summed E-state index contributed by atoms with van der Waals surface area (Å²) in [4.78, 5) is 35.7. The predicted molar refractivity (Wildman–Crippen MR) is 52.0 cm³/mol. The molecule has 0 aromatic heterocycles. The molecule has 0 saturated carbocycles. The van der Waals surface area contributed by atoms with Crippen molar-refractivity contribution in [2.75, 3.05) is 20.2 Å². The molecule has 0 N–H and O–H groups in total. The number of hydrogen-bond acceptors (Lipinski definition) is 4. The molecular weight excluding hydrogens is 198 g/mol. The van der Waals surface area contributed by atoms with Crippen LogP contribution in [-0.2, 0) is 19.1 Å². The number of ether oxygens (including phenoxy) is 1. The summed E-state index contributed by atoms with van der Waals surface area (Å²) in [5.74, 6) is -2.72. The van der Waals surface area contributed by atoms with Gasteiger partial charge in [0.2, 0.25) is 5.91 Å². The molecule has 0 bridgehead atoms. The van der Waals surface area contributed by atoms with Gasteiger partial charge in [-0.2, -0.15) is 0 Å². The molecule has 0 radical (unpaired) electrons. The molecule has 84 valence electrons. The summed E-state index contributed by atoms with van der Waals surface area (Å²) in [7, 11) is 1.63. The van der Waals surface area contributed by atoms with Gasteiger partial charge >= 0.3 is 5.97 Å². The number of carbonyl (C=O) groups is 3. The number of nitrogens with zero attached hydrogens (tertiary/aromatic N) is 1. The van der Waals surface area contributed by atoms with E-state index in [0.717, 1.165) is 6.42 Å². The van der Waals surface area contributed by atoms with Crippen molar-refractivity contribution in [2.24, 2.45) is 5.92 Å². The van der Waals surface area contributed by atoms with Gasteiger partial charge in [-0.3, -0.25) is 9.59 Å². The maximum atomic E-state index is 11.6. The van der Waals surface area contributed by atoms with Crippen molar-refractivity contribution in [3.05, 3.63) is 0 Å². The molecule has 1 saturated heterocycles. The molecule has 0 spiro atoms. The maximum Gasteiger partial charge on any atom is 0.375 e. The fourth-order valence-corrected chi connectivity index (χ4v) is 1.62. The van der Waals surface area contributed by atoms with E-state index in [1.54, 1.807) is 14.0 Å². The van der Waals surface area contributed by atoms with Crippen molar-refractivity contribution in [3.8, 4) is 0 Å². The molecule has 0 aliphatic carbocycles. The van der Waals surface area contributed by atoms with Crippen molar-refractivity contribution in [2.45, 2.75) is 19.8 Å². The second-order valence-corrected chi connectivity index (χ2v) is 3.54. The lowest BCUT2D eigenvalue weighted by atomic mass is 9.93. The van der Waals surface area contributed by atoms with Crippen LogP contribution in [0.25, 0.3) is 0 Å². The number of rotatable bonds is 3. The number of piperidine rings is 1. The van der Waals surface area contributed by atoms with Crippen LogP contribution in [-0.4, -0.2) is 42.8 Å². The molecule has 0 aromatic rings. The molecule has 1 amide bonds. The summed E-state index contributed by atoms with van der Waals surface area (Å²) >= 11 is 0. The molecule has 1 fully saturated rings. The van der Waals surface area contributed by atoms with Crippen LogP contribution in [0.2, 0.25) is 0 Å². The fraction of sp³-hybridized carbons (Fsp3) is 0.700. The van der Waals surface area contributed by atoms with Crippen molar-refractivity contribution in [1.29, 1.82) is 0 Å². The van der Waals surface area contributed by atoms with Gasteiger partial charge in [0.15, 0.2) is 0 Å². The number of esters is 1. The standard InChI is InChI=1S/C10H15NO4/c1-3-15-10(14)8(12)7-5-4-6-11(2)9(7)13/h7H,3-6H2,1-2H3/t7-/m1/s1. The van der Waals surface area contributed by atoms with E-state index in [-0.39, 0.29) is 12.5 Å². The van der Waals surface area contributed by atoms with Crippen LogP contribution in [0.3, 0.4) is 0 Å². The zero-order valence-electron chi connectivity index (χ0n) is 8.99. The Kier molecular flexibility index (Phi) is 3.82. The van der Waals surface area contributed by atoms with Gasteiger partial charge in [0.25, 0.3) is 5.78 Å². The van der Waals surface area contributed by atoms with Crippen LogP contribution >= 0.6 is 0 Å². The van der Waals surface area contributed by atoms with Crippen molar-refractivity contribution < 1.29 is 19.1 Å². The van der Waals surface area contributed by atoms with Gasteiger partial charge in [0.05, 0.1) is 6.61 Å².